The predicted octanol–water partition coefficient (Wildman–Crippen LogP) is 4.95. The monoisotopic (exact) mass is 547 g/mol. The average molecular weight is 548 g/mol. The first kappa shape index (κ1) is 27.1. The van der Waals surface area contributed by atoms with Gasteiger partial charge in [0, 0.05) is 25.4 Å². The van der Waals surface area contributed by atoms with Gasteiger partial charge in [-0.05, 0) is 54.2 Å². The maximum Gasteiger partial charge on any atom is 0.431 e. The van der Waals surface area contributed by atoms with Crippen LogP contribution in [0.15, 0.2) is 70.0 Å². The van der Waals surface area contributed by atoms with Crippen molar-refractivity contribution in [3.8, 4) is 5.69 Å². The normalized spacial score (nSPS) is 19.7. The van der Waals surface area contributed by atoms with Crippen LogP contribution in [0.3, 0.4) is 0 Å². The third-order valence-electron chi connectivity index (χ3n) is 6.30. The van der Waals surface area contributed by atoms with Gasteiger partial charge >= 0.3 is 17.8 Å². The summed E-state index contributed by atoms with van der Waals surface area (Å²) in [7, 11) is 0.965. The summed E-state index contributed by atoms with van der Waals surface area (Å²) < 4.78 is 46.5. The fourth-order valence-corrected chi connectivity index (χ4v) is 5.19. The summed E-state index contributed by atoms with van der Waals surface area (Å²) in [4.78, 5) is 46.8. The molecule has 8 nitrogen and oxygen atoms in total. The maximum absolute atomic E-state index is 13.3. The van der Waals surface area contributed by atoms with Crippen molar-refractivity contribution in [2.24, 2.45) is 13.0 Å². The number of halogens is 3. The van der Waals surface area contributed by atoms with Gasteiger partial charge in [-0.3, -0.25) is 19.1 Å². The summed E-state index contributed by atoms with van der Waals surface area (Å²) >= 11 is 1.20. The van der Waals surface area contributed by atoms with Crippen LogP contribution in [0.4, 0.5) is 13.2 Å². The Morgan fingerprint density at radius 1 is 1.26 bits per heavy atom. The van der Waals surface area contributed by atoms with Crippen molar-refractivity contribution in [3.05, 3.63) is 92.6 Å². The second-order valence-corrected chi connectivity index (χ2v) is 9.66. The molecule has 2 aromatic heterocycles. The molecule has 0 saturated heterocycles. The molecule has 2 atom stereocenters. The van der Waals surface area contributed by atoms with Crippen molar-refractivity contribution in [2.75, 3.05) is 0 Å². The highest BCUT2D eigenvalue weighted by Gasteiger charge is 2.39. The summed E-state index contributed by atoms with van der Waals surface area (Å²) in [5, 5.41) is 0.604. The van der Waals surface area contributed by atoms with Gasteiger partial charge in [0.05, 0.1) is 21.5 Å². The van der Waals surface area contributed by atoms with Crippen molar-refractivity contribution < 1.29 is 27.7 Å². The van der Waals surface area contributed by atoms with E-state index in [4.69, 9.17) is 14.1 Å². The third-order valence-corrected chi connectivity index (χ3v) is 7.13. The zero-order valence-corrected chi connectivity index (χ0v) is 21.7. The Morgan fingerprint density at radius 3 is 2.66 bits per heavy atom. The number of nitrogens with zero attached hydrogens (tertiary/aromatic N) is 3. The van der Waals surface area contributed by atoms with Crippen molar-refractivity contribution in [1.29, 1.82) is 0 Å². The van der Waals surface area contributed by atoms with E-state index in [1.807, 2.05) is 32.1 Å². The molecule has 0 N–H and O–H groups in total. The van der Waals surface area contributed by atoms with Crippen LogP contribution in [0.5, 0.6) is 0 Å². The topological polar surface area (TPSA) is 92.4 Å². The molecule has 12 heteroatoms. The SMILES string of the molecule is CCC=CC1(c2nsc3ccc(-n4c(=O)cc(C(F)(F)F)n(C)c4=O)cc23)C=C(OOC(C)=O)C=CC1C. The zero-order chi connectivity index (χ0) is 27.8. The number of hydrogen-bond acceptors (Lipinski definition) is 7. The van der Waals surface area contributed by atoms with Crippen LogP contribution >= 0.6 is 11.5 Å². The molecule has 0 saturated carbocycles. The first-order valence-electron chi connectivity index (χ1n) is 11.6. The van der Waals surface area contributed by atoms with E-state index in [1.54, 1.807) is 24.3 Å². The second-order valence-electron chi connectivity index (χ2n) is 8.85. The summed E-state index contributed by atoms with van der Waals surface area (Å²) in [6.45, 7) is 5.15. The van der Waals surface area contributed by atoms with Crippen molar-refractivity contribution in [3.63, 3.8) is 0 Å². The number of benzene rings is 1. The minimum Gasteiger partial charge on any atom is -0.292 e. The van der Waals surface area contributed by atoms with Crippen LogP contribution in [0, 0.1) is 5.92 Å². The Bertz CT molecular complexity index is 1610. The smallest absolute Gasteiger partial charge is 0.292 e. The van der Waals surface area contributed by atoms with E-state index in [-0.39, 0.29) is 17.4 Å². The number of alkyl halides is 3. The zero-order valence-electron chi connectivity index (χ0n) is 20.9. The van der Waals surface area contributed by atoms with Crippen LogP contribution in [-0.2, 0) is 33.2 Å². The van der Waals surface area contributed by atoms with Gasteiger partial charge in [-0.2, -0.15) is 17.5 Å². The lowest BCUT2D eigenvalue weighted by Gasteiger charge is -2.34. The largest absolute Gasteiger partial charge is 0.431 e. The number of rotatable bonds is 6. The van der Waals surface area contributed by atoms with Gasteiger partial charge in [0.25, 0.3) is 5.56 Å². The molecule has 1 aliphatic carbocycles. The maximum atomic E-state index is 13.3. The Hall–Kier alpha value is -3.93. The van der Waals surface area contributed by atoms with Gasteiger partial charge in [-0.15, -0.1) is 0 Å². The van der Waals surface area contributed by atoms with E-state index < -0.39 is 34.5 Å². The standard InChI is InChI=1S/C26H24F3N3O5S/c1-5-6-11-25(14-18(9-7-15(25)2)37-36-16(3)33)23-19-12-17(8-10-20(19)38-30-23)32-22(34)13-21(26(27,28)29)31(4)24(32)35/h6-15H,5H2,1-4H3. The minimum absolute atomic E-state index is 0.104. The first-order valence-corrected chi connectivity index (χ1v) is 12.4. The highest BCUT2D eigenvalue weighted by atomic mass is 32.1. The molecular weight excluding hydrogens is 523 g/mol. The van der Waals surface area contributed by atoms with Crippen molar-refractivity contribution >= 4 is 27.6 Å². The highest BCUT2D eigenvalue weighted by molar-refractivity contribution is 7.13. The molecule has 0 aliphatic heterocycles. The van der Waals surface area contributed by atoms with Crippen molar-refractivity contribution in [2.45, 2.75) is 38.8 Å². The van der Waals surface area contributed by atoms with Gasteiger partial charge in [-0.1, -0.05) is 32.1 Å². The fourth-order valence-electron chi connectivity index (χ4n) is 4.36. The van der Waals surface area contributed by atoms with Gasteiger partial charge in [0.15, 0.2) is 5.76 Å². The molecule has 0 spiro atoms. The average Bonchev–Trinajstić information content (AvgIpc) is 3.28. The van der Waals surface area contributed by atoms with E-state index in [9.17, 15) is 27.6 Å². The second kappa shape index (κ2) is 10.1. The Balaban J connectivity index is 1.93. The molecule has 3 aromatic rings. The van der Waals surface area contributed by atoms with E-state index in [0.29, 0.717) is 26.3 Å². The molecule has 2 heterocycles. The van der Waals surface area contributed by atoms with E-state index in [1.165, 1.54) is 24.5 Å². The molecule has 0 bridgehead atoms. The lowest BCUT2D eigenvalue weighted by Crippen LogP contribution is -2.40. The molecule has 200 valence electrons. The number of carbonyl (C=O) groups is 1. The Labute approximate surface area is 219 Å². The number of fused-ring (bicyclic) bond motifs is 1. The van der Waals surface area contributed by atoms with E-state index in [2.05, 4.69) is 0 Å². The quantitative estimate of drug-likeness (QED) is 0.246. The molecule has 38 heavy (non-hydrogen) atoms. The minimum atomic E-state index is -4.86. The molecule has 1 aromatic carbocycles. The predicted molar refractivity (Wildman–Crippen MR) is 136 cm³/mol. The number of hydrogen-bond donors (Lipinski definition) is 0. The van der Waals surface area contributed by atoms with Crippen molar-refractivity contribution in [1.82, 2.24) is 13.5 Å². The molecular formula is C26H24F3N3O5S. The summed E-state index contributed by atoms with van der Waals surface area (Å²) in [5.74, 6) is -0.477. The van der Waals surface area contributed by atoms with Gasteiger partial charge in [0.1, 0.15) is 5.69 Å². The number of aromatic nitrogens is 3. The molecule has 1 aliphatic rings. The Kier molecular flexibility index (Phi) is 7.20. The van der Waals surface area contributed by atoms with Crippen LogP contribution in [0.25, 0.3) is 15.8 Å². The third kappa shape index (κ3) is 4.83. The van der Waals surface area contributed by atoms with Crippen LogP contribution in [-0.4, -0.2) is 19.5 Å². The van der Waals surface area contributed by atoms with Crippen LogP contribution < -0.4 is 11.2 Å². The summed E-state index contributed by atoms with van der Waals surface area (Å²) in [6, 6.07) is 5.12. The highest BCUT2D eigenvalue weighted by Crippen LogP contribution is 2.44. The summed E-state index contributed by atoms with van der Waals surface area (Å²) in [6.07, 6.45) is 5.11. The molecule has 0 fully saturated rings. The van der Waals surface area contributed by atoms with E-state index in [0.717, 1.165) is 18.2 Å². The summed E-state index contributed by atoms with van der Waals surface area (Å²) in [5.41, 5.74) is -3.72. The lowest BCUT2D eigenvalue weighted by molar-refractivity contribution is -0.242. The molecule has 0 amide bonds. The lowest BCUT2D eigenvalue weighted by atomic mass is 9.69. The molecule has 2 unspecified atom stereocenters. The number of carbonyl (C=O) groups excluding carboxylic acids is 1. The fraction of sp³-hybridized carbons (Fsp3) is 0.308. The van der Waals surface area contributed by atoms with Crippen LogP contribution in [0.1, 0.15) is 38.6 Å². The number of allylic oxidation sites excluding steroid dienone is 5. The van der Waals surface area contributed by atoms with Crippen LogP contribution in [0.2, 0.25) is 0 Å². The molecule has 4 rings (SSSR count). The first-order chi connectivity index (χ1) is 17.9. The van der Waals surface area contributed by atoms with Gasteiger partial charge in [0.2, 0.25) is 0 Å². The van der Waals surface area contributed by atoms with E-state index >= 15 is 0 Å². The van der Waals surface area contributed by atoms with Gasteiger partial charge < -0.3 is 0 Å². The Morgan fingerprint density at radius 2 is 2.00 bits per heavy atom. The molecule has 0 radical (unpaired) electrons. The van der Waals surface area contributed by atoms with Gasteiger partial charge in [-0.25, -0.2) is 14.2 Å².